The molecule has 1 aromatic heterocycles. The van der Waals surface area contributed by atoms with E-state index in [0.29, 0.717) is 6.54 Å². The standard InChI is InChI=1S/C11H9BrN2/c1-13-5-4-8-7-14-11-6-9(12)2-3-10(8)11/h2-3,6-7,14H,4-5H2. The third-order valence-corrected chi connectivity index (χ3v) is 2.72. The van der Waals surface area contributed by atoms with Crippen molar-refractivity contribution in [1.82, 2.24) is 4.98 Å². The highest BCUT2D eigenvalue weighted by Gasteiger charge is 2.04. The van der Waals surface area contributed by atoms with Crippen molar-refractivity contribution < 1.29 is 0 Å². The van der Waals surface area contributed by atoms with Gasteiger partial charge in [0.25, 0.3) is 0 Å². The smallest absolute Gasteiger partial charge is 0.218 e. The van der Waals surface area contributed by atoms with Crippen molar-refractivity contribution in [1.29, 1.82) is 0 Å². The van der Waals surface area contributed by atoms with Crippen molar-refractivity contribution in [2.75, 3.05) is 6.54 Å². The Balaban J connectivity index is 2.43. The summed E-state index contributed by atoms with van der Waals surface area (Å²) in [6.45, 7) is 7.31. The third kappa shape index (κ3) is 1.66. The number of halogens is 1. The average Bonchev–Trinajstić information content (AvgIpc) is 2.57. The minimum atomic E-state index is 0.559. The van der Waals surface area contributed by atoms with Crippen LogP contribution in [0, 0.1) is 6.57 Å². The Labute approximate surface area is 90.9 Å². The maximum absolute atomic E-state index is 6.75. The highest BCUT2D eigenvalue weighted by atomic mass is 79.9. The maximum Gasteiger partial charge on any atom is 0.218 e. The first-order valence-electron chi connectivity index (χ1n) is 4.40. The molecule has 0 bridgehead atoms. The molecule has 2 aromatic rings. The Morgan fingerprint density at radius 1 is 1.43 bits per heavy atom. The lowest BCUT2D eigenvalue weighted by Crippen LogP contribution is -1.84. The van der Waals surface area contributed by atoms with Gasteiger partial charge in [-0.25, -0.2) is 6.57 Å². The van der Waals surface area contributed by atoms with Gasteiger partial charge in [-0.05, 0) is 17.7 Å². The molecule has 0 aliphatic rings. The van der Waals surface area contributed by atoms with Crippen molar-refractivity contribution in [2.24, 2.45) is 0 Å². The summed E-state index contributed by atoms with van der Waals surface area (Å²) in [6.07, 6.45) is 2.81. The van der Waals surface area contributed by atoms with Crippen LogP contribution >= 0.6 is 15.9 Å². The van der Waals surface area contributed by atoms with E-state index in [0.717, 1.165) is 16.4 Å². The lowest BCUT2D eigenvalue weighted by atomic mass is 10.1. The molecule has 14 heavy (non-hydrogen) atoms. The second-order valence-corrected chi connectivity index (χ2v) is 4.05. The van der Waals surface area contributed by atoms with Crippen molar-refractivity contribution in [3.05, 3.63) is 45.8 Å². The SMILES string of the molecule is [C-]#[N+]CCc1c[nH]c2cc(Br)ccc12. The number of nitrogens with zero attached hydrogens (tertiary/aromatic N) is 1. The number of aromatic amines is 1. The van der Waals surface area contributed by atoms with Gasteiger partial charge in [0.2, 0.25) is 6.54 Å². The van der Waals surface area contributed by atoms with Crippen molar-refractivity contribution in [3.8, 4) is 0 Å². The van der Waals surface area contributed by atoms with Crippen molar-refractivity contribution in [3.63, 3.8) is 0 Å². The number of rotatable bonds is 2. The lowest BCUT2D eigenvalue weighted by molar-refractivity contribution is 1.09. The molecule has 1 aromatic carbocycles. The number of H-pyrrole nitrogens is 1. The molecule has 0 fully saturated rings. The molecule has 0 saturated heterocycles. The number of benzene rings is 1. The quantitative estimate of drug-likeness (QED) is 0.787. The van der Waals surface area contributed by atoms with Gasteiger partial charge >= 0.3 is 0 Å². The van der Waals surface area contributed by atoms with Gasteiger partial charge < -0.3 is 9.83 Å². The molecule has 2 nitrogen and oxygen atoms in total. The van der Waals surface area contributed by atoms with Crippen LogP contribution in [-0.4, -0.2) is 11.5 Å². The van der Waals surface area contributed by atoms with Crippen molar-refractivity contribution in [2.45, 2.75) is 6.42 Å². The monoisotopic (exact) mass is 248 g/mol. The van der Waals surface area contributed by atoms with Crippen LogP contribution in [0.2, 0.25) is 0 Å². The molecule has 1 heterocycles. The van der Waals surface area contributed by atoms with E-state index >= 15 is 0 Å². The van der Waals surface area contributed by atoms with Crippen LogP contribution in [-0.2, 0) is 6.42 Å². The van der Waals surface area contributed by atoms with Crippen LogP contribution in [0.1, 0.15) is 5.56 Å². The Hall–Kier alpha value is -1.27. The van der Waals surface area contributed by atoms with E-state index in [1.54, 1.807) is 0 Å². The number of hydrogen-bond donors (Lipinski definition) is 1. The number of hydrogen-bond acceptors (Lipinski definition) is 0. The predicted octanol–water partition coefficient (Wildman–Crippen LogP) is 3.39. The van der Waals surface area contributed by atoms with Gasteiger partial charge in [0, 0.05) is 28.0 Å². The second-order valence-electron chi connectivity index (χ2n) is 3.14. The summed E-state index contributed by atoms with van der Waals surface area (Å²) in [4.78, 5) is 6.57. The zero-order valence-corrected chi connectivity index (χ0v) is 9.13. The Bertz CT molecular complexity index is 493. The summed E-state index contributed by atoms with van der Waals surface area (Å²) in [6, 6.07) is 6.16. The summed E-state index contributed by atoms with van der Waals surface area (Å²) >= 11 is 3.43. The van der Waals surface area contributed by atoms with Crippen LogP contribution in [0.15, 0.2) is 28.9 Å². The molecule has 2 rings (SSSR count). The molecule has 0 saturated carbocycles. The molecule has 1 N–H and O–H groups in total. The second kappa shape index (κ2) is 3.85. The fourth-order valence-corrected chi connectivity index (χ4v) is 1.90. The van der Waals surface area contributed by atoms with E-state index < -0.39 is 0 Å². The van der Waals surface area contributed by atoms with E-state index in [1.807, 2.05) is 12.3 Å². The molecule has 0 radical (unpaired) electrons. The number of fused-ring (bicyclic) bond motifs is 1. The number of nitrogens with one attached hydrogen (secondary N) is 1. The molecular formula is C11H9BrN2. The summed E-state index contributed by atoms with van der Waals surface area (Å²) < 4.78 is 1.07. The fraction of sp³-hybridized carbons (Fsp3) is 0.182. The molecule has 0 amide bonds. The maximum atomic E-state index is 6.75. The van der Waals surface area contributed by atoms with Gasteiger partial charge in [-0.15, -0.1) is 0 Å². The van der Waals surface area contributed by atoms with E-state index in [1.165, 1.54) is 10.9 Å². The Morgan fingerprint density at radius 3 is 3.07 bits per heavy atom. The van der Waals surface area contributed by atoms with Crippen LogP contribution in [0.3, 0.4) is 0 Å². The first-order chi connectivity index (χ1) is 6.81. The van der Waals surface area contributed by atoms with Gasteiger partial charge in [0.1, 0.15) is 0 Å². The molecule has 0 aliphatic heterocycles. The van der Waals surface area contributed by atoms with E-state index in [4.69, 9.17) is 6.57 Å². The normalized spacial score (nSPS) is 10.3. The third-order valence-electron chi connectivity index (χ3n) is 2.22. The fourth-order valence-electron chi connectivity index (χ4n) is 1.54. The summed E-state index contributed by atoms with van der Waals surface area (Å²) in [5, 5.41) is 1.22. The molecular weight excluding hydrogens is 240 g/mol. The molecule has 0 unspecified atom stereocenters. The van der Waals surface area contributed by atoms with Gasteiger partial charge in [0.15, 0.2) is 0 Å². The summed E-state index contributed by atoms with van der Waals surface area (Å²) in [5.41, 5.74) is 2.35. The lowest BCUT2D eigenvalue weighted by Gasteiger charge is -1.94. The van der Waals surface area contributed by atoms with Crippen LogP contribution in [0.4, 0.5) is 0 Å². The molecule has 0 atom stereocenters. The Kier molecular flexibility index (Phi) is 2.55. The van der Waals surface area contributed by atoms with Gasteiger partial charge in [0.05, 0.1) is 0 Å². The van der Waals surface area contributed by atoms with Gasteiger partial charge in [-0.1, -0.05) is 22.0 Å². The predicted molar refractivity (Wildman–Crippen MR) is 61.2 cm³/mol. The van der Waals surface area contributed by atoms with E-state index in [-0.39, 0.29) is 0 Å². The zero-order chi connectivity index (χ0) is 9.97. The molecule has 0 spiro atoms. The van der Waals surface area contributed by atoms with Gasteiger partial charge in [-0.3, -0.25) is 0 Å². The average molecular weight is 249 g/mol. The minimum absolute atomic E-state index is 0.559. The minimum Gasteiger partial charge on any atom is -0.361 e. The van der Waals surface area contributed by atoms with Crippen molar-refractivity contribution >= 4 is 26.8 Å². The largest absolute Gasteiger partial charge is 0.361 e. The number of aromatic nitrogens is 1. The van der Waals surface area contributed by atoms with Gasteiger partial charge in [-0.2, -0.15) is 0 Å². The molecule has 70 valence electrons. The van der Waals surface area contributed by atoms with E-state index in [9.17, 15) is 0 Å². The molecule has 0 aliphatic carbocycles. The first-order valence-corrected chi connectivity index (χ1v) is 5.19. The highest BCUT2D eigenvalue weighted by Crippen LogP contribution is 2.22. The molecule has 3 heteroatoms. The van der Waals surface area contributed by atoms with E-state index in [2.05, 4.69) is 37.9 Å². The summed E-state index contributed by atoms with van der Waals surface area (Å²) in [5.74, 6) is 0. The first kappa shape index (κ1) is 9.29. The van der Waals surface area contributed by atoms with Crippen LogP contribution < -0.4 is 0 Å². The highest BCUT2D eigenvalue weighted by molar-refractivity contribution is 9.10. The topological polar surface area (TPSA) is 20.1 Å². The summed E-state index contributed by atoms with van der Waals surface area (Å²) in [7, 11) is 0. The van der Waals surface area contributed by atoms with Crippen LogP contribution in [0.25, 0.3) is 15.7 Å². The zero-order valence-electron chi connectivity index (χ0n) is 7.55. The Morgan fingerprint density at radius 2 is 2.29 bits per heavy atom. The van der Waals surface area contributed by atoms with Crippen LogP contribution in [0.5, 0.6) is 0 Å².